The fourth-order valence-electron chi connectivity index (χ4n) is 2.28. The predicted molar refractivity (Wildman–Crippen MR) is 103 cm³/mol. The number of benzene rings is 2. The molecule has 2 aromatic rings. The van der Waals surface area contributed by atoms with Gasteiger partial charge in [0.25, 0.3) is 5.69 Å². The monoisotopic (exact) mass is 368 g/mol. The van der Waals surface area contributed by atoms with Gasteiger partial charge in [-0.25, -0.2) is 5.43 Å². The number of amides is 2. The fourth-order valence-corrected chi connectivity index (χ4v) is 2.28. The molecule has 0 aromatic heterocycles. The molecule has 0 bridgehead atoms. The highest BCUT2D eigenvalue weighted by atomic mass is 16.6. The fraction of sp³-hybridized carbons (Fsp3) is 0.211. The number of aryl methyl sites for hydroxylation is 1. The van der Waals surface area contributed by atoms with E-state index in [-0.39, 0.29) is 24.4 Å². The van der Waals surface area contributed by atoms with Crippen molar-refractivity contribution in [1.82, 2.24) is 5.43 Å². The maximum absolute atomic E-state index is 12.0. The number of non-ortho nitro benzene ring substituents is 1. The standard InChI is InChI=1S/C19H20N4O4/c1-13-5-3-8-17(14(13)2)21-18(24)9-10-19(25)22-20-12-15-6-4-7-16(11-15)23(26)27/h3-8,11-12H,9-10H2,1-2H3,(H,21,24)(H,22,25). The number of carbonyl (C=O) groups excluding carboxylic acids is 2. The van der Waals surface area contributed by atoms with Gasteiger partial charge in [-0.1, -0.05) is 24.3 Å². The highest BCUT2D eigenvalue weighted by molar-refractivity contribution is 5.94. The van der Waals surface area contributed by atoms with Crippen molar-refractivity contribution in [3.8, 4) is 0 Å². The molecule has 2 amide bonds. The molecule has 0 spiro atoms. The Morgan fingerprint density at radius 1 is 1.11 bits per heavy atom. The Kier molecular flexibility index (Phi) is 6.76. The Bertz CT molecular complexity index is 893. The first-order valence-electron chi connectivity index (χ1n) is 8.29. The zero-order valence-corrected chi connectivity index (χ0v) is 15.1. The van der Waals surface area contributed by atoms with Crippen molar-refractivity contribution >= 4 is 29.4 Å². The number of hydrazone groups is 1. The molecule has 2 rings (SSSR count). The molecule has 0 aliphatic carbocycles. The van der Waals surface area contributed by atoms with Crippen LogP contribution in [0.25, 0.3) is 0 Å². The van der Waals surface area contributed by atoms with Gasteiger partial charge in [0.15, 0.2) is 0 Å². The molecule has 140 valence electrons. The zero-order valence-electron chi connectivity index (χ0n) is 15.1. The maximum atomic E-state index is 12.0. The Balaban J connectivity index is 1.80. The highest BCUT2D eigenvalue weighted by Gasteiger charge is 2.09. The second kappa shape index (κ2) is 9.23. The molecular weight excluding hydrogens is 348 g/mol. The lowest BCUT2D eigenvalue weighted by atomic mass is 10.1. The summed E-state index contributed by atoms with van der Waals surface area (Å²) in [6.07, 6.45) is 1.30. The Morgan fingerprint density at radius 2 is 1.81 bits per heavy atom. The molecule has 8 heteroatoms. The van der Waals surface area contributed by atoms with Crippen molar-refractivity contribution in [1.29, 1.82) is 0 Å². The summed E-state index contributed by atoms with van der Waals surface area (Å²) in [6, 6.07) is 11.5. The summed E-state index contributed by atoms with van der Waals surface area (Å²) in [5, 5.41) is 17.2. The number of hydrogen-bond acceptors (Lipinski definition) is 5. The molecule has 0 unspecified atom stereocenters. The maximum Gasteiger partial charge on any atom is 0.270 e. The molecule has 2 aromatic carbocycles. The first kappa shape index (κ1) is 19.8. The lowest BCUT2D eigenvalue weighted by Gasteiger charge is -2.10. The average Bonchev–Trinajstić information content (AvgIpc) is 2.64. The van der Waals surface area contributed by atoms with Gasteiger partial charge in [0.2, 0.25) is 11.8 Å². The van der Waals surface area contributed by atoms with Gasteiger partial charge >= 0.3 is 0 Å². The van der Waals surface area contributed by atoms with E-state index in [0.717, 1.165) is 16.8 Å². The summed E-state index contributed by atoms with van der Waals surface area (Å²) in [7, 11) is 0. The third-order valence-corrected chi connectivity index (χ3v) is 3.94. The van der Waals surface area contributed by atoms with Crippen molar-refractivity contribution in [2.45, 2.75) is 26.7 Å². The third kappa shape index (κ3) is 6.03. The van der Waals surface area contributed by atoms with E-state index in [1.165, 1.54) is 24.4 Å². The Hall–Kier alpha value is -3.55. The van der Waals surface area contributed by atoms with Crippen LogP contribution >= 0.6 is 0 Å². The van der Waals surface area contributed by atoms with Crippen molar-refractivity contribution in [2.75, 3.05) is 5.32 Å². The van der Waals surface area contributed by atoms with Crippen molar-refractivity contribution in [3.63, 3.8) is 0 Å². The van der Waals surface area contributed by atoms with E-state index in [2.05, 4.69) is 15.8 Å². The first-order valence-corrected chi connectivity index (χ1v) is 8.29. The van der Waals surface area contributed by atoms with E-state index in [9.17, 15) is 19.7 Å². The van der Waals surface area contributed by atoms with Crippen LogP contribution in [0.3, 0.4) is 0 Å². The van der Waals surface area contributed by atoms with E-state index < -0.39 is 10.8 Å². The summed E-state index contributed by atoms with van der Waals surface area (Å²) >= 11 is 0. The molecule has 27 heavy (non-hydrogen) atoms. The van der Waals surface area contributed by atoms with Crippen LogP contribution in [0.5, 0.6) is 0 Å². The number of rotatable bonds is 7. The number of anilines is 1. The van der Waals surface area contributed by atoms with Crippen LogP contribution < -0.4 is 10.7 Å². The van der Waals surface area contributed by atoms with Crippen molar-refractivity contribution < 1.29 is 14.5 Å². The number of nitro benzene ring substituents is 1. The van der Waals surface area contributed by atoms with Crippen LogP contribution in [-0.4, -0.2) is 23.0 Å². The normalized spacial score (nSPS) is 10.6. The largest absolute Gasteiger partial charge is 0.326 e. The molecule has 0 aliphatic rings. The second-order valence-electron chi connectivity index (χ2n) is 5.94. The third-order valence-electron chi connectivity index (χ3n) is 3.94. The number of hydrogen-bond donors (Lipinski definition) is 2. The molecule has 0 aliphatic heterocycles. The van der Waals surface area contributed by atoms with Gasteiger partial charge in [0, 0.05) is 36.2 Å². The lowest BCUT2D eigenvalue weighted by molar-refractivity contribution is -0.384. The summed E-state index contributed by atoms with van der Waals surface area (Å²) < 4.78 is 0. The van der Waals surface area contributed by atoms with E-state index >= 15 is 0 Å². The van der Waals surface area contributed by atoms with E-state index in [0.29, 0.717) is 5.56 Å². The molecule has 0 radical (unpaired) electrons. The van der Waals surface area contributed by atoms with Gasteiger partial charge in [-0.2, -0.15) is 5.10 Å². The minimum Gasteiger partial charge on any atom is -0.326 e. The van der Waals surface area contributed by atoms with Gasteiger partial charge in [0.1, 0.15) is 0 Å². The zero-order chi connectivity index (χ0) is 19.8. The predicted octanol–water partition coefficient (Wildman–Crippen LogP) is 3.08. The summed E-state index contributed by atoms with van der Waals surface area (Å²) in [6.45, 7) is 3.87. The van der Waals surface area contributed by atoms with Crippen LogP contribution in [0, 0.1) is 24.0 Å². The van der Waals surface area contributed by atoms with E-state index in [4.69, 9.17) is 0 Å². The van der Waals surface area contributed by atoms with Crippen molar-refractivity contribution in [2.24, 2.45) is 5.10 Å². The molecule has 0 fully saturated rings. The SMILES string of the molecule is Cc1cccc(NC(=O)CCC(=O)NN=Cc2cccc([N+](=O)[O-])c2)c1C. The summed E-state index contributed by atoms with van der Waals surface area (Å²) in [5.41, 5.74) is 5.50. The Morgan fingerprint density at radius 3 is 2.56 bits per heavy atom. The van der Waals surface area contributed by atoms with Crippen LogP contribution in [0.1, 0.15) is 29.5 Å². The van der Waals surface area contributed by atoms with Crippen molar-refractivity contribution in [3.05, 3.63) is 69.3 Å². The molecule has 2 N–H and O–H groups in total. The molecule has 8 nitrogen and oxygen atoms in total. The van der Waals surface area contributed by atoms with Crippen LogP contribution in [-0.2, 0) is 9.59 Å². The van der Waals surface area contributed by atoms with Gasteiger partial charge < -0.3 is 5.32 Å². The summed E-state index contributed by atoms with van der Waals surface area (Å²) in [4.78, 5) is 34.0. The smallest absolute Gasteiger partial charge is 0.270 e. The minimum atomic E-state index is -0.509. The first-order chi connectivity index (χ1) is 12.9. The quantitative estimate of drug-likeness (QED) is 0.444. The lowest BCUT2D eigenvalue weighted by Crippen LogP contribution is -2.21. The minimum absolute atomic E-state index is 0.0194. The number of nitrogens with zero attached hydrogens (tertiary/aromatic N) is 2. The average molecular weight is 368 g/mol. The molecule has 0 saturated carbocycles. The highest BCUT2D eigenvalue weighted by Crippen LogP contribution is 2.18. The topological polar surface area (TPSA) is 114 Å². The van der Waals surface area contributed by atoms with E-state index in [1.807, 2.05) is 32.0 Å². The Labute approximate surface area is 156 Å². The van der Waals surface area contributed by atoms with Gasteiger partial charge in [-0.3, -0.25) is 19.7 Å². The van der Waals surface area contributed by atoms with Crippen LogP contribution in [0.4, 0.5) is 11.4 Å². The molecule has 0 heterocycles. The number of carbonyl (C=O) groups is 2. The van der Waals surface area contributed by atoms with Gasteiger partial charge in [0.05, 0.1) is 11.1 Å². The number of nitrogens with one attached hydrogen (secondary N) is 2. The van der Waals surface area contributed by atoms with Gasteiger partial charge in [-0.05, 0) is 31.0 Å². The van der Waals surface area contributed by atoms with Crippen LogP contribution in [0.2, 0.25) is 0 Å². The van der Waals surface area contributed by atoms with E-state index in [1.54, 1.807) is 6.07 Å². The molecule has 0 atom stereocenters. The molecule has 0 saturated heterocycles. The van der Waals surface area contributed by atoms with Gasteiger partial charge in [-0.15, -0.1) is 0 Å². The summed E-state index contributed by atoms with van der Waals surface area (Å²) in [5.74, 6) is -0.686. The number of nitro groups is 1. The van der Waals surface area contributed by atoms with Crippen LogP contribution in [0.15, 0.2) is 47.6 Å². The second-order valence-corrected chi connectivity index (χ2v) is 5.94. The molecular formula is C19H20N4O4.